The average molecular weight is 1850 g/mol. The fourth-order valence-corrected chi connectivity index (χ4v) is 15.8. The maximum Gasteiger partial charge on any atom is 0.270 e. The normalized spacial score (nSPS) is 10.4. The van der Waals surface area contributed by atoms with Crippen molar-refractivity contribution in [3.05, 3.63) is 447 Å². The Morgan fingerprint density at radius 3 is 0.778 bits per heavy atom. The molecule has 0 bridgehead atoms. The smallest absolute Gasteiger partial charge is 0.270 e. The minimum Gasteiger partial charge on any atom is -0.361 e. The maximum atomic E-state index is 9.42. The van der Waals surface area contributed by atoms with Gasteiger partial charge in [-0.25, -0.2) is 54.7 Å². The van der Waals surface area contributed by atoms with Crippen LogP contribution in [0.1, 0.15) is 39.5 Å². The standard InChI is InChI=1S/3C39H21N9/c1-42-33-16-32(23-45-24-33)39-10-4-7-36(48-39)29-14-27(34-5-2-8-37(46-34)30-11-25(17-40)19-43-21-30)13-28(15-29)35-6-3-9-38(47-35)31-12-26(18-41)20-44-22-31;1-42-39-22-27(13-16-45-39)35-7-4-10-38(48-35)30-18-28(36-8-2-5-33(46-36)25-11-14-43-31(20-25)23-40)17-29(19-30)37-9-3-6-34(47-37)26-12-15-44-32(21-26)24-41;40-16-25-7-8-46-39(9-25)34-15-31(21-45-24-34)28-11-26(29-13-32(22-43-19-29)37-5-1-3-35(17-41)47-37)10-27(12-28)30-14-33(23-44-20-30)38-6-2-4-36(18-42)48-38/h2-16,19-24H;2-22H;1-15,19-24H. The van der Waals surface area contributed by atoms with Crippen molar-refractivity contribution in [2.45, 2.75) is 0 Å². The summed E-state index contributed by atoms with van der Waals surface area (Å²) in [6.07, 6.45) is 26.6. The van der Waals surface area contributed by atoms with Crippen LogP contribution in [0.5, 0.6) is 0 Å². The third kappa shape index (κ3) is 21.0. The van der Waals surface area contributed by atoms with E-state index in [1.807, 2.05) is 194 Å². The zero-order valence-corrected chi connectivity index (χ0v) is 75.4. The van der Waals surface area contributed by atoms with Gasteiger partial charge in [0.05, 0.1) is 115 Å². The molecule has 0 N–H and O–H groups in total. The molecule has 0 aliphatic rings. The summed E-state index contributed by atoms with van der Waals surface area (Å²) in [7, 11) is 0. The number of pyridine rings is 18. The van der Waals surface area contributed by atoms with Crippen LogP contribution < -0.4 is 0 Å². The van der Waals surface area contributed by atoms with E-state index < -0.39 is 0 Å². The first kappa shape index (κ1) is 90.9. The van der Waals surface area contributed by atoms with E-state index in [1.165, 1.54) is 18.6 Å². The lowest BCUT2D eigenvalue weighted by molar-refractivity contribution is 1.24. The second-order valence-electron chi connectivity index (χ2n) is 32.1. The molecule has 27 nitrogen and oxygen atoms in total. The summed E-state index contributed by atoms with van der Waals surface area (Å²) in [5.41, 5.74) is 30.7. The van der Waals surface area contributed by atoms with E-state index in [1.54, 1.807) is 153 Å². The molecular formula is C117H63N27. The second-order valence-corrected chi connectivity index (χ2v) is 32.1. The molecule has 0 atom stereocenters. The highest BCUT2D eigenvalue weighted by molar-refractivity contribution is 5.87. The van der Waals surface area contributed by atoms with E-state index in [0.717, 1.165) is 134 Å². The third-order valence-corrected chi connectivity index (χ3v) is 22.8. The molecule has 3 aromatic carbocycles. The van der Waals surface area contributed by atoms with Gasteiger partial charge >= 0.3 is 0 Å². The molecule has 0 spiro atoms. The van der Waals surface area contributed by atoms with Crippen molar-refractivity contribution >= 4 is 11.5 Å². The van der Waals surface area contributed by atoms with Gasteiger partial charge in [-0.05, 0) is 259 Å². The maximum absolute atomic E-state index is 9.42. The lowest BCUT2D eigenvalue weighted by Gasteiger charge is -2.13. The molecule has 18 heterocycles. The Hall–Kier alpha value is -22.2. The molecule has 0 fully saturated rings. The van der Waals surface area contributed by atoms with Crippen LogP contribution in [0, 0.1) is 92.5 Å². The number of aromatic nitrogens is 18. The van der Waals surface area contributed by atoms with E-state index in [4.69, 9.17) is 43.0 Å². The van der Waals surface area contributed by atoms with Crippen LogP contribution in [-0.2, 0) is 0 Å². The minimum atomic E-state index is 0.299. The molecule has 0 saturated carbocycles. The van der Waals surface area contributed by atoms with E-state index >= 15 is 0 Å². The van der Waals surface area contributed by atoms with Crippen LogP contribution in [0.3, 0.4) is 0 Å². The van der Waals surface area contributed by atoms with Gasteiger partial charge in [-0.3, -0.25) is 34.9 Å². The number of hydrogen-bond donors (Lipinski definition) is 0. The zero-order chi connectivity index (χ0) is 98.6. The molecule has 0 unspecified atom stereocenters. The van der Waals surface area contributed by atoms with Crippen molar-refractivity contribution in [3.63, 3.8) is 0 Å². The SMILES string of the molecule is N#Cc1ccnc(-c2cncc(-c3cc(-c4cncc(-c5cccc(C#N)n5)c4)cc(-c4cncc(-c5cccc(C#N)n5)c4)c3)c2)c1.[C-]#[N+]c1cc(-c2cccc(-c3cc(-c4cccc(-c5ccnc(C#N)c5)n4)cc(-c4cccc(-c5ccnc(C#N)c5)n4)c3)n2)ccn1.[C-]#[N+]c1cncc(-c2cccc(-c3cc(-c4cccc(-c5cncc(C#N)c5)n4)cc(-c4cccc(-c5cncc(C#N)c5)n4)c3)n2)c1. The van der Waals surface area contributed by atoms with Crippen LogP contribution in [0.15, 0.2) is 384 Å². The van der Waals surface area contributed by atoms with E-state index in [-0.39, 0.29) is 0 Å². The molecule has 18 aromatic heterocycles. The van der Waals surface area contributed by atoms with Crippen LogP contribution in [0.4, 0.5) is 11.5 Å². The largest absolute Gasteiger partial charge is 0.361 e. The summed E-state index contributed by atoms with van der Waals surface area (Å²) in [6, 6.07) is 104. The van der Waals surface area contributed by atoms with Gasteiger partial charge in [0.1, 0.15) is 65.4 Å². The molecule has 27 heteroatoms. The summed E-state index contributed by atoms with van der Waals surface area (Å²) >= 11 is 0. The van der Waals surface area contributed by atoms with Gasteiger partial charge in [0.25, 0.3) is 5.82 Å². The van der Waals surface area contributed by atoms with E-state index in [9.17, 15) is 36.8 Å². The van der Waals surface area contributed by atoms with Crippen molar-refractivity contribution in [2.75, 3.05) is 0 Å². The molecule has 21 rings (SSSR count). The molecule has 666 valence electrons. The molecule has 0 aliphatic heterocycles. The quantitative estimate of drug-likeness (QED) is 0.0720. The molecule has 0 radical (unpaired) electrons. The Balaban J connectivity index is 0.000000137. The molecule has 0 saturated heterocycles. The summed E-state index contributed by atoms with van der Waals surface area (Å²) < 4.78 is 0. The fraction of sp³-hybridized carbons (Fsp3) is 0. The molecular weight excluding hydrogens is 1780 g/mol. The third-order valence-electron chi connectivity index (χ3n) is 22.8. The topological polar surface area (TPSA) is 407 Å². The highest BCUT2D eigenvalue weighted by atomic mass is 14.9. The van der Waals surface area contributed by atoms with Gasteiger partial charge in [0.15, 0.2) is 0 Å². The molecule has 0 aliphatic carbocycles. The van der Waals surface area contributed by atoms with Gasteiger partial charge in [-0.1, -0.05) is 55.1 Å². The van der Waals surface area contributed by atoms with Crippen LogP contribution >= 0.6 is 0 Å². The van der Waals surface area contributed by atoms with Gasteiger partial charge in [-0.2, -0.15) is 36.8 Å². The number of benzene rings is 3. The first-order chi connectivity index (χ1) is 70.8. The van der Waals surface area contributed by atoms with Gasteiger partial charge in [0.2, 0.25) is 5.69 Å². The number of nitriles is 7. The first-order valence-corrected chi connectivity index (χ1v) is 44.2. The Labute approximate surface area is 824 Å². The summed E-state index contributed by atoms with van der Waals surface area (Å²) in [5.74, 6) is 0.299. The Bertz CT molecular complexity index is 7370. The van der Waals surface area contributed by atoms with Gasteiger partial charge < -0.3 is 4.85 Å². The molecule has 144 heavy (non-hydrogen) atoms. The summed E-state index contributed by atoms with van der Waals surface area (Å²) in [4.78, 5) is 88.6. The summed E-state index contributed by atoms with van der Waals surface area (Å²) in [6.45, 7) is 14.8. The number of rotatable bonds is 18. The highest BCUT2D eigenvalue weighted by Crippen LogP contribution is 2.41. The Kier molecular flexibility index (Phi) is 26.6. The van der Waals surface area contributed by atoms with Crippen LogP contribution in [-0.4, -0.2) is 89.7 Å². The Morgan fingerprint density at radius 1 is 0.174 bits per heavy atom. The predicted molar refractivity (Wildman–Crippen MR) is 543 cm³/mol. The second kappa shape index (κ2) is 42.1. The average Bonchev–Trinajstić information content (AvgIpc) is 0.789. The van der Waals surface area contributed by atoms with Crippen molar-refractivity contribution < 1.29 is 0 Å². The fourth-order valence-electron chi connectivity index (χ4n) is 15.8. The van der Waals surface area contributed by atoms with Crippen molar-refractivity contribution in [1.82, 2.24) is 89.7 Å². The van der Waals surface area contributed by atoms with Crippen molar-refractivity contribution in [1.29, 1.82) is 36.8 Å². The number of nitrogens with zero attached hydrogens (tertiary/aromatic N) is 27. The van der Waals surface area contributed by atoms with E-state index in [2.05, 4.69) is 130 Å². The lowest BCUT2D eigenvalue weighted by atomic mass is 9.93. The van der Waals surface area contributed by atoms with Crippen LogP contribution in [0.2, 0.25) is 0 Å². The zero-order valence-electron chi connectivity index (χ0n) is 75.4. The lowest BCUT2D eigenvalue weighted by Crippen LogP contribution is -1.94. The predicted octanol–water partition coefficient (Wildman–Crippen LogP) is 24.4. The van der Waals surface area contributed by atoms with Gasteiger partial charge in [0, 0.05) is 188 Å². The van der Waals surface area contributed by atoms with E-state index in [0.29, 0.717) is 119 Å². The first-order valence-electron chi connectivity index (χ1n) is 44.2. The van der Waals surface area contributed by atoms with Gasteiger partial charge in [-0.15, -0.1) is 4.98 Å². The minimum absolute atomic E-state index is 0.299. The van der Waals surface area contributed by atoms with Crippen molar-refractivity contribution in [3.8, 4) is 245 Å². The molecule has 21 aromatic rings. The highest BCUT2D eigenvalue weighted by Gasteiger charge is 2.21. The monoisotopic (exact) mass is 1850 g/mol. The Morgan fingerprint density at radius 2 is 0.438 bits per heavy atom. The number of hydrogen-bond acceptors (Lipinski definition) is 25. The summed E-state index contributed by atoms with van der Waals surface area (Å²) in [5, 5.41) is 65.7. The van der Waals surface area contributed by atoms with Crippen molar-refractivity contribution in [2.24, 2.45) is 0 Å². The van der Waals surface area contributed by atoms with Crippen LogP contribution in [0.25, 0.3) is 212 Å². The molecule has 0 amide bonds.